The Balaban J connectivity index is 2.00. The molecule has 1 saturated heterocycles. The summed E-state index contributed by atoms with van der Waals surface area (Å²) in [5.41, 5.74) is 0. The van der Waals surface area contributed by atoms with Crippen LogP contribution in [-0.4, -0.2) is 39.0 Å². The largest absolute Gasteiger partial charge is 0.299 e. The fraction of sp³-hybridized carbons (Fsp3) is 0.538. The fourth-order valence-electron chi connectivity index (χ4n) is 2.45. The maximum absolute atomic E-state index is 12.2. The van der Waals surface area contributed by atoms with E-state index >= 15 is 0 Å². The minimum Gasteiger partial charge on any atom is -0.299 e. The molecule has 0 spiro atoms. The maximum atomic E-state index is 12.2. The average molecular weight is 347 g/mol. The van der Waals surface area contributed by atoms with E-state index in [9.17, 15) is 8.42 Å². The monoisotopic (exact) mass is 346 g/mol. The number of likely N-dealkylation sites (tertiary alicyclic amines) is 1. The molecule has 4 nitrogen and oxygen atoms in total. The van der Waals surface area contributed by atoms with Gasteiger partial charge in [-0.15, -0.1) is 0 Å². The second kappa shape index (κ2) is 6.35. The molecule has 1 aliphatic heterocycles. The Bertz CT molecular complexity index is 516. The van der Waals surface area contributed by atoms with Crippen LogP contribution in [0, 0.1) is 0 Å². The fourth-order valence-corrected chi connectivity index (χ4v) is 3.78. The lowest BCUT2D eigenvalue weighted by Crippen LogP contribution is -2.39. The number of hydrogen-bond donors (Lipinski definition) is 1. The lowest BCUT2D eigenvalue weighted by molar-refractivity contribution is 0.268. The van der Waals surface area contributed by atoms with Gasteiger partial charge < -0.3 is 0 Å². The van der Waals surface area contributed by atoms with Crippen LogP contribution in [-0.2, 0) is 10.0 Å². The third-order valence-electron chi connectivity index (χ3n) is 3.54. The predicted octanol–water partition coefficient (Wildman–Crippen LogP) is 2.21. The summed E-state index contributed by atoms with van der Waals surface area (Å²) in [6.45, 7) is 4.65. The molecule has 1 aromatic rings. The number of hydrogen-bond acceptors (Lipinski definition) is 3. The van der Waals surface area contributed by atoms with Gasteiger partial charge in [0.05, 0.1) is 4.90 Å². The van der Waals surface area contributed by atoms with Gasteiger partial charge in [-0.1, -0.05) is 22.9 Å². The van der Waals surface area contributed by atoms with Gasteiger partial charge >= 0.3 is 0 Å². The first-order chi connectivity index (χ1) is 9.03. The third-order valence-corrected chi connectivity index (χ3v) is 5.51. The number of halogens is 1. The molecule has 6 heteroatoms. The lowest BCUT2D eigenvalue weighted by atomic mass is 10.2. The number of likely N-dealkylation sites (N-methyl/N-ethyl adjacent to an activating group) is 1. The summed E-state index contributed by atoms with van der Waals surface area (Å²) in [7, 11) is -3.39. The van der Waals surface area contributed by atoms with Crippen molar-refractivity contribution in [2.75, 3.05) is 19.6 Å². The molecule has 106 valence electrons. The van der Waals surface area contributed by atoms with E-state index in [1.807, 2.05) is 0 Å². The van der Waals surface area contributed by atoms with E-state index in [4.69, 9.17) is 0 Å². The van der Waals surface area contributed by atoms with E-state index in [1.165, 1.54) is 0 Å². The number of nitrogens with one attached hydrogen (secondary N) is 1. The van der Waals surface area contributed by atoms with Crippen LogP contribution in [0.15, 0.2) is 33.6 Å². The van der Waals surface area contributed by atoms with Gasteiger partial charge in [0.1, 0.15) is 0 Å². The van der Waals surface area contributed by atoms with Crippen LogP contribution < -0.4 is 4.72 Å². The van der Waals surface area contributed by atoms with Gasteiger partial charge in [-0.25, -0.2) is 13.1 Å². The summed E-state index contributed by atoms with van der Waals surface area (Å²) in [6, 6.07) is 7.03. The highest BCUT2D eigenvalue weighted by molar-refractivity contribution is 9.10. The van der Waals surface area contributed by atoms with Gasteiger partial charge in [-0.2, -0.15) is 0 Å². The van der Waals surface area contributed by atoms with E-state index in [0.717, 1.165) is 30.4 Å². The SMILES string of the molecule is CCN1CCC[C@H]1CNS(=O)(=O)c1ccc(Br)cc1. The summed E-state index contributed by atoms with van der Waals surface area (Å²) >= 11 is 3.30. The minimum atomic E-state index is -3.39. The van der Waals surface area contributed by atoms with Crippen molar-refractivity contribution in [3.63, 3.8) is 0 Å². The molecule has 2 rings (SSSR count). The standard InChI is InChI=1S/C13H19BrN2O2S/c1-2-16-9-3-4-12(16)10-15-19(17,18)13-7-5-11(14)6-8-13/h5-8,12,15H,2-4,9-10H2,1H3/t12-/m0/s1. The summed E-state index contributed by atoms with van der Waals surface area (Å²) < 4.78 is 27.9. The minimum absolute atomic E-state index is 0.316. The van der Waals surface area contributed by atoms with Crippen molar-refractivity contribution in [1.82, 2.24) is 9.62 Å². The molecule has 0 aliphatic carbocycles. The van der Waals surface area contributed by atoms with Crippen molar-refractivity contribution in [1.29, 1.82) is 0 Å². The van der Waals surface area contributed by atoms with Crippen LogP contribution in [0.25, 0.3) is 0 Å². The molecule has 1 heterocycles. The van der Waals surface area contributed by atoms with E-state index in [-0.39, 0.29) is 0 Å². The van der Waals surface area contributed by atoms with Crippen LogP contribution in [0.5, 0.6) is 0 Å². The Hall–Kier alpha value is -0.430. The number of benzene rings is 1. The molecular weight excluding hydrogens is 328 g/mol. The molecule has 1 N–H and O–H groups in total. The smallest absolute Gasteiger partial charge is 0.240 e. The van der Waals surface area contributed by atoms with Crippen LogP contribution in [0.2, 0.25) is 0 Å². The van der Waals surface area contributed by atoms with Crippen LogP contribution in [0.4, 0.5) is 0 Å². The molecule has 1 fully saturated rings. The Morgan fingerprint density at radius 2 is 2.05 bits per heavy atom. The Kier molecular flexibility index (Phi) is 5.00. The summed E-state index contributed by atoms with van der Waals surface area (Å²) in [5, 5.41) is 0. The maximum Gasteiger partial charge on any atom is 0.240 e. The lowest BCUT2D eigenvalue weighted by Gasteiger charge is -2.22. The molecule has 1 aromatic carbocycles. The Morgan fingerprint density at radius 3 is 2.68 bits per heavy atom. The van der Waals surface area contributed by atoms with Crippen molar-refractivity contribution in [3.05, 3.63) is 28.7 Å². The number of nitrogens with zero attached hydrogens (tertiary/aromatic N) is 1. The zero-order valence-electron chi connectivity index (χ0n) is 11.0. The first kappa shape index (κ1) is 15.0. The van der Waals surface area contributed by atoms with Crippen molar-refractivity contribution in [3.8, 4) is 0 Å². The third kappa shape index (κ3) is 3.78. The van der Waals surface area contributed by atoms with Crippen LogP contribution >= 0.6 is 15.9 Å². The first-order valence-corrected chi connectivity index (χ1v) is 8.80. The Morgan fingerprint density at radius 1 is 1.37 bits per heavy atom. The molecule has 1 aliphatic rings. The molecule has 0 radical (unpaired) electrons. The molecule has 0 aromatic heterocycles. The molecule has 19 heavy (non-hydrogen) atoms. The average Bonchev–Trinajstić information content (AvgIpc) is 2.84. The molecule has 0 unspecified atom stereocenters. The first-order valence-electron chi connectivity index (χ1n) is 6.52. The van der Waals surface area contributed by atoms with E-state index in [2.05, 4.69) is 32.5 Å². The van der Waals surface area contributed by atoms with E-state index in [1.54, 1.807) is 24.3 Å². The molecule has 0 amide bonds. The molecule has 0 bridgehead atoms. The van der Waals surface area contributed by atoms with E-state index in [0.29, 0.717) is 17.5 Å². The van der Waals surface area contributed by atoms with Gasteiger partial charge in [0.2, 0.25) is 10.0 Å². The van der Waals surface area contributed by atoms with Gasteiger partial charge in [-0.05, 0) is 50.2 Å². The quantitative estimate of drug-likeness (QED) is 0.889. The predicted molar refractivity (Wildman–Crippen MR) is 79.6 cm³/mol. The molecular formula is C13H19BrN2O2S. The van der Waals surface area contributed by atoms with Crippen LogP contribution in [0.1, 0.15) is 19.8 Å². The second-order valence-corrected chi connectivity index (χ2v) is 7.41. The number of sulfonamides is 1. The zero-order valence-corrected chi connectivity index (χ0v) is 13.4. The van der Waals surface area contributed by atoms with Gasteiger partial charge in [0.25, 0.3) is 0 Å². The molecule has 0 saturated carbocycles. The number of rotatable bonds is 5. The van der Waals surface area contributed by atoms with Gasteiger partial charge in [0, 0.05) is 17.1 Å². The topological polar surface area (TPSA) is 49.4 Å². The molecule has 1 atom stereocenters. The van der Waals surface area contributed by atoms with Gasteiger partial charge in [-0.3, -0.25) is 4.90 Å². The summed E-state index contributed by atoms with van der Waals surface area (Å²) in [6.07, 6.45) is 2.22. The highest BCUT2D eigenvalue weighted by atomic mass is 79.9. The van der Waals surface area contributed by atoms with Gasteiger partial charge in [0.15, 0.2) is 0 Å². The van der Waals surface area contributed by atoms with Crippen molar-refractivity contribution >= 4 is 26.0 Å². The van der Waals surface area contributed by atoms with E-state index < -0.39 is 10.0 Å². The summed E-state index contributed by atoms with van der Waals surface area (Å²) in [5.74, 6) is 0. The van der Waals surface area contributed by atoms with Crippen molar-refractivity contribution in [2.45, 2.75) is 30.7 Å². The summed E-state index contributed by atoms with van der Waals surface area (Å²) in [4.78, 5) is 2.64. The zero-order chi connectivity index (χ0) is 13.9. The van der Waals surface area contributed by atoms with Crippen molar-refractivity contribution in [2.24, 2.45) is 0 Å². The van der Waals surface area contributed by atoms with Crippen molar-refractivity contribution < 1.29 is 8.42 Å². The van der Waals surface area contributed by atoms with Crippen LogP contribution in [0.3, 0.4) is 0 Å². The normalized spacial score (nSPS) is 20.8. The highest BCUT2D eigenvalue weighted by Gasteiger charge is 2.24. The highest BCUT2D eigenvalue weighted by Crippen LogP contribution is 2.18. The Labute approximate surface area is 123 Å². The second-order valence-electron chi connectivity index (χ2n) is 4.73.